The van der Waals surface area contributed by atoms with Crippen molar-refractivity contribution in [2.45, 2.75) is 19.3 Å². The summed E-state index contributed by atoms with van der Waals surface area (Å²) in [4.78, 5) is 19.9. The molecule has 1 amide bonds. The van der Waals surface area contributed by atoms with E-state index in [4.69, 9.17) is 10.5 Å². The zero-order valence-corrected chi connectivity index (χ0v) is 12.9. The van der Waals surface area contributed by atoms with E-state index >= 15 is 0 Å². The average Bonchev–Trinajstić information content (AvgIpc) is 2.97. The zero-order valence-electron chi connectivity index (χ0n) is 12.9. The molecule has 2 heterocycles. The first-order valence-electron chi connectivity index (χ1n) is 7.83. The Bertz CT molecular complexity index is 694. The molecule has 124 valence electrons. The number of rotatable bonds is 5. The van der Waals surface area contributed by atoms with Crippen LogP contribution in [0.2, 0.25) is 0 Å². The van der Waals surface area contributed by atoms with E-state index in [-0.39, 0.29) is 11.7 Å². The van der Waals surface area contributed by atoms with Gasteiger partial charge in [0.2, 0.25) is 5.91 Å². The van der Waals surface area contributed by atoms with Crippen LogP contribution in [0.5, 0.6) is 0 Å². The number of nitrogens with two attached hydrogens (primary N) is 1. The number of carbonyl (C=O) groups excluding carboxylic acids is 1. The Hall–Kier alpha value is -1.99. The predicted octanol–water partition coefficient (Wildman–Crippen LogP) is 1.12. The number of aromatic amines is 1. The molecule has 7 heteroatoms. The fourth-order valence-electron chi connectivity index (χ4n) is 2.92. The van der Waals surface area contributed by atoms with Gasteiger partial charge in [-0.05, 0) is 31.0 Å². The van der Waals surface area contributed by atoms with E-state index in [0.29, 0.717) is 51.1 Å². The number of nitrogens with zero attached hydrogens (tertiary/aromatic N) is 1. The number of fused-ring (bicyclic) bond motifs is 1. The van der Waals surface area contributed by atoms with Crippen molar-refractivity contribution in [1.82, 2.24) is 15.3 Å². The quantitative estimate of drug-likeness (QED) is 0.769. The molecule has 1 aromatic carbocycles. The van der Waals surface area contributed by atoms with Crippen molar-refractivity contribution in [2.75, 3.05) is 26.3 Å². The van der Waals surface area contributed by atoms with Crippen molar-refractivity contribution >= 4 is 16.9 Å². The van der Waals surface area contributed by atoms with E-state index in [1.54, 1.807) is 6.07 Å². The average molecular weight is 320 g/mol. The van der Waals surface area contributed by atoms with Gasteiger partial charge in [0.1, 0.15) is 11.6 Å². The van der Waals surface area contributed by atoms with Gasteiger partial charge in [0, 0.05) is 32.7 Å². The van der Waals surface area contributed by atoms with Crippen LogP contribution in [0.25, 0.3) is 11.0 Å². The molecule has 0 saturated carbocycles. The van der Waals surface area contributed by atoms with Crippen LogP contribution in [0.15, 0.2) is 18.2 Å². The summed E-state index contributed by atoms with van der Waals surface area (Å²) in [5.41, 5.74) is 6.68. The maximum Gasteiger partial charge on any atom is 0.227 e. The molecule has 1 saturated heterocycles. The van der Waals surface area contributed by atoms with Gasteiger partial charge in [-0.1, -0.05) is 0 Å². The van der Waals surface area contributed by atoms with Gasteiger partial charge in [0.25, 0.3) is 0 Å². The third kappa shape index (κ3) is 3.35. The van der Waals surface area contributed by atoms with Crippen LogP contribution < -0.4 is 11.1 Å². The molecule has 1 aliphatic heterocycles. The van der Waals surface area contributed by atoms with Gasteiger partial charge >= 0.3 is 0 Å². The normalized spacial score (nSPS) is 17.3. The number of aromatic nitrogens is 2. The summed E-state index contributed by atoms with van der Waals surface area (Å²) in [7, 11) is 0. The van der Waals surface area contributed by atoms with Crippen molar-refractivity contribution < 1.29 is 13.9 Å². The van der Waals surface area contributed by atoms with Gasteiger partial charge in [0.05, 0.1) is 16.4 Å². The lowest BCUT2D eigenvalue weighted by Crippen LogP contribution is -2.49. The van der Waals surface area contributed by atoms with Crippen molar-refractivity contribution in [3.8, 4) is 0 Å². The fraction of sp³-hybridized carbons (Fsp3) is 0.500. The van der Waals surface area contributed by atoms with Gasteiger partial charge in [-0.15, -0.1) is 0 Å². The van der Waals surface area contributed by atoms with Gasteiger partial charge in [-0.3, -0.25) is 4.79 Å². The minimum atomic E-state index is -0.519. The lowest BCUT2D eigenvalue weighted by molar-refractivity contribution is -0.135. The van der Waals surface area contributed by atoms with E-state index < -0.39 is 5.41 Å². The Kier molecular flexibility index (Phi) is 4.58. The van der Waals surface area contributed by atoms with Crippen LogP contribution in [-0.4, -0.2) is 42.2 Å². The Labute approximate surface area is 133 Å². The number of benzene rings is 1. The first-order chi connectivity index (χ1) is 11.1. The maximum absolute atomic E-state index is 13.2. The molecule has 0 spiro atoms. The Morgan fingerprint density at radius 2 is 2.22 bits per heavy atom. The zero-order chi connectivity index (χ0) is 16.3. The van der Waals surface area contributed by atoms with Crippen molar-refractivity contribution in [2.24, 2.45) is 11.1 Å². The molecule has 4 N–H and O–H groups in total. The molecule has 0 unspecified atom stereocenters. The molecule has 1 aliphatic rings. The molecule has 1 aromatic heterocycles. The van der Waals surface area contributed by atoms with Crippen molar-refractivity contribution in [1.29, 1.82) is 0 Å². The summed E-state index contributed by atoms with van der Waals surface area (Å²) in [6.07, 6.45) is 1.86. The van der Waals surface area contributed by atoms with Gasteiger partial charge < -0.3 is 20.8 Å². The number of imidazole rings is 1. The van der Waals surface area contributed by atoms with Crippen LogP contribution in [-0.2, 0) is 16.0 Å². The second-order valence-corrected chi connectivity index (χ2v) is 5.95. The molecule has 0 aliphatic carbocycles. The lowest BCUT2D eigenvalue weighted by atomic mass is 9.79. The smallest absolute Gasteiger partial charge is 0.227 e. The molecule has 0 bridgehead atoms. The number of nitrogens with one attached hydrogen (secondary N) is 2. The summed E-state index contributed by atoms with van der Waals surface area (Å²) in [6.45, 7) is 1.93. The molecular weight excluding hydrogens is 299 g/mol. The second kappa shape index (κ2) is 6.64. The van der Waals surface area contributed by atoms with Gasteiger partial charge in [0.15, 0.2) is 0 Å². The van der Waals surface area contributed by atoms with E-state index in [9.17, 15) is 9.18 Å². The van der Waals surface area contributed by atoms with Crippen molar-refractivity contribution in [3.05, 3.63) is 29.8 Å². The topological polar surface area (TPSA) is 93.0 Å². The highest BCUT2D eigenvalue weighted by atomic mass is 19.1. The molecule has 2 aromatic rings. The molecule has 0 radical (unpaired) electrons. The second-order valence-electron chi connectivity index (χ2n) is 5.95. The predicted molar refractivity (Wildman–Crippen MR) is 84.3 cm³/mol. The van der Waals surface area contributed by atoms with E-state index in [0.717, 1.165) is 11.3 Å². The minimum absolute atomic E-state index is 0.0227. The number of ether oxygens (including phenoxy) is 1. The van der Waals surface area contributed by atoms with E-state index in [1.165, 1.54) is 12.1 Å². The summed E-state index contributed by atoms with van der Waals surface area (Å²) < 4.78 is 18.5. The SMILES string of the molecule is NCC1(C(=O)NCCc2nc3ccc(F)cc3[nH]2)CCOCC1. The molecule has 1 fully saturated rings. The van der Waals surface area contributed by atoms with E-state index in [1.807, 2.05) is 0 Å². The van der Waals surface area contributed by atoms with Crippen LogP contribution >= 0.6 is 0 Å². The third-order valence-corrected chi connectivity index (χ3v) is 4.46. The molecule has 6 nitrogen and oxygen atoms in total. The largest absolute Gasteiger partial charge is 0.381 e. The van der Waals surface area contributed by atoms with Crippen LogP contribution in [0, 0.1) is 11.2 Å². The lowest BCUT2D eigenvalue weighted by Gasteiger charge is -2.34. The third-order valence-electron chi connectivity index (χ3n) is 4.46. The van der Waals surface area contributed by atoms with Crippen LogP contribution in [0.4, 0.5) is 4.39 Å². The molecular formula is C16H21FN4O2. The first kappa shape index (κ1) is 15.9. The molecule has 3 rings (SSSR count). The summed E-state index contributed by atoms with van der Waals surface area (Å²) in [6, 6.07) is 4.43. The minimum Gasteiger partial charge on any atom is -0.381 e. The first-order valence-corrected chi connectivity index (χ1v) is 7.83. The standard InChI is InChI=1S/C16H21FN4O2/c17-11-1-2-12-13(9-11)21-14(20-12)3-6-19-15(22)16(10-18)4-7-23-8-5-16/h1-2,9H,3-8,10,18H2,(H,19,22)(H,20,21). The monoisotopic (exact) mass is 320 g/mol. The molecule has 23 heavy (non-hydrogen) atoms. The number of amides is 1. The highest BCUT2D eigenvalue weighted by Gasteiger charge is 2.38. The number of hydrogen-bond donors (Lipinski definition) is 3. The Morgan fingerprint density at radius 3 is 2.96 bits per heavy atom. The number of carbonyl (C=O) groups is 1. The summed E-state index contributed by atoms with van der Waals surface area (Å²) >= 11 is 0. The highest BCUT2D eigenvalue weighted by Crippen LogP contribution is 2.29. The highest BCUT2D eigenvalue weighted by molar-refractivity contribution is 5.83. The number of halogens is 1. The fourth-order valence-corrected chi connectivity index (χ4v) is 2.92. The summed E-state index contributed by atoms with van der Waals surface area (Å²) in [5.74, 6) is 0.399. The van der Waals surface area contributed by atoms with Gasteiger partial charge in [-0.2, -0.15) is 0 Å². The maximum atomic E-state index is 13.2. The number of hydrogen-bond acceptors (Lipinski definition) is 4. The van der Waals surface area contributed by atoms with Crippen LogP contribution in [0.1, 0.15) is 18.7 Å². The van der Waals surface area contributed by atoms with Crippen molar-refractivity contribution in [3.63, 3.8) is 0 Å². The number of H-pyrrole nitrogens is 1. The summed E-state index contributed by atoms with van der Waals surface area (Å²) in [5, 5.41) is 2.94. The Morgan fingerprint density at radius 1 is 1.43 bits per heavy atom. The van der Waals surface area contributed by atoms with Crippen LogP contribution in [0.3, 0.4) is 0 Å². The van der Waals surface area contributed by atoms with E-state index in [2.05, 4.69) is 15.3 Å². The van der Waals surface area contributed by atoms with Gasteiger partial charge in [-0.25, -0.2) is 9.37 Å². The molecule has 0 atom stereocenters. The Balaban J connectivity index is 1.58.